The van der Waals surface area contributed by atoms with Crippen LogP contribution in [0.15, 0.2) is 53.6 Å². The molecule has 5 heteroatoms. The lowest BCUT2D eigenvalue weighted by molar-refractivity contribution is -0.126. The summed E-state index contributed by atoms with van der Waals surface area (Å²) in [4.78, 5) is 26.4. The number of methoxy groups -OCH3 is 1. The molecule has 1 atom stereocenters. The van der Waals surface area contributed by atoms with Gasteiger partial charge in [0.1, 0.15) is 5.69 Å². The predicted octanol–water partition coefficient (Wildman–Crippen LogP) is 1.70. The third-order valence-electron chi connectivity index (χ3n) is 2.66. The van der Waals surface area contributed by atoms with Crippen molar-refractivity contribution in [3.8, 4) is 0 Å². The van der Waals surface area contributed by atoms with Crippen LogP contribution in [0, 0.1) is 0 Å². The molecule has 0 aliphatic carbocycles. The Hall–Kier alpha value is -2.40. The minimum absolute atomic E-state index is 0.200. The Labute approximate surface area is 110 Å². The van der Waals surface area contributed by atoms with Crippen molar-refractivity contribution in [3.05, 3.63) is 64.6 Å². The van der Waals surface area contributed by atoms with E-state index in [1.54, 1.807) is 12.1 Å². The number of carbonyl (C=O) groups excluding carboxylic acids is 1. The summed E-state index contributed by atoms with van der Waals surface area (Å²) in [5.41, 5.74) is 0.676. The molecule has 0 aliphatic heterocycles. The molecule has 2 rings (SSSR count). The van der Waals surface area contributed by atoms with Crippen LogP contribution in [0.1, 0.15) is 11.7 Å². The molecule has 19 heavy (non-hydrogen) atoms. The van der Waals surface area contributed by atoms with Crippen molar-refractivity contribution in [1.29, 1.82) is 0 Å². The molecular formula is C14H14N2O3. The van der Waals surface area contributed by atoms with Gasteiger partial charge in [-0.25, -0.2) is 0 Å². The van der Waals surface area contributed by atoms with Crippen molar-refractivity contribution >= 4 is 11.6 Å². The summed E-state index contributed by atoms with van der Waals surface area (Å²) < 4.78 is 5.19. The average Bonchev–Trinajstić information content (AvgIpc) is 2.43. The van der Waals surface area contributed by atoms with Crippen LogP contribution in [0.25, 0.3) is 0 Å². The van der Waals surface area contributed by atoms with Crippen LogP contribution >= 0.6 is 0 Å². The number of pyridine rings is 1. The summed E-state index contributed by atoms with van der Waals surface area (Å²) in [5, 5.41) is 2.55. The van der Waals surface area contributed by atoms with Crippen LogP contribution in [-0.2, 0) is 9.53 Å². The first-order valence-corrected chi connectivity index (χ1v) is 5.78. The highest BCUT2D eigenvalue weighted by Gasteiger charge is 2.20. The molecule has 1 aromatic carbocycles. The summed E-state index contributed by atoms with van der Waals surface area (Å²) in [6.45, 7) is 0. The van der Waals surface area contributed by atoms with E-state index in [2.05, 4.69) is 10.3 Å². The maximum absolute atomic E-state index is 12.1. The van der Waals surface area contributed by atoms with Gasteiger partial charge in [-0.1, -0.05) is 30.3 Å². The second-order valence-corrected chi connectivity index (χ2v) is 3.94. The van der Waals surface area contributed by atoms with Gasteiger partial charge >= 0.3 is 0 Å². The SMILES string of the molecule is CO[C@H](C(=O)Nc1c[nH]ccc1=O)c1ccccc1. The Balaban J connectivity index is 2.19. The van der Waals surface area contributed by atoms with E-state index in [9.17, 15) is 9.59 Å². The van der Waals surface area contributed by atoms with E-state index in [-0.39, 0.29) is 17.0 Å². The van der Waals surface area contributed by atoms with E-state index in [4.69, 9.17) is 4.74 Å². The number of aromatic amines is 1. The van der Waals surface area contributed by atoms with Crippen molar-refractivity contribution in [2.45, 2.75) is 6.10 Å². The summed E-state index contributed by atoms with van der Waals surface area (Å²) >= 11 is 0. The second-order valence-electron chi connectivity index (χ2n) is 3.94. The molecule has 0 radical (unpaired) electrons. The highest BCUT2D eigenvalue weighted by Crippen LogP contribution is 2.17. The first-order chi connectivity index (χ1) is 9.22. The lowest BCUT2D eigenvalue weighted by Crippen LogP contribution is -2.25. The van der Waals surface area contributed by atoms with Gasteiger partial charge in [0.2, 0.25) is 5.43 Å². The summed E-state index contributed by atoms with van der Waals surface area (Å²) in [6, 6.07) is 10.4. The molecule has 2 N–H and O–H groups in total. The van der Waals surface area contributed by atoms with Crippen LogP contribution in [0.2, 0.25) is 0 Å². The Morgan fingerprint density at radius 3 is 2.63 bits per heavy atom. The number of hydrogen-bond donors (Lipinski definition) is 2. The van der Waals surface area contributed by atoms with Gasteiger partial charge in [-0.3, -0.25) is 9.59 Å². The number of benzene rings is 1. The van der Waals surface area contributed by atoms with Crippen LogP contribution < -0.4 is 10.7 Å². The van der Waals surface area contributed by atoms with Crippen molar-refractivity contribution in [2.75, 3.05) is 12.4 Å². The van der Waals surface area contributed by atoms with Gasteiger partial charge in [-0.05, 0) is 5.56 Å². The van der Waals surface area contributed by atoms with Gasteiger partial charge in [0.05, 0.1) is 0 Å². The molecule has 1 amide bonds. The molecule has 0 aliphatic rings. The lowest BCUT2D eigenvalue weighted by atomic mass is 10.1. The minimum atomic E-state index is -0.749. The zero-order chi connectivity index (χ0) is 13.7. The molecule has 2 aromatic rings. The average molecular weight is 258 g/mol. The Morgan fingerprint density at radius 2 is 2.00 bits per heavy atom. The first kappa shape index (κ1) is 13.0. The van der Waals surface area contributed by atoms with E-state index in [0.29, 0.717) is 0 Å². The van der Waals surface area contributed by atoms with Crippen molar-refractivity contribution in [3.63, 3.8) is 0 Å². The van der Waals surface area contributed by atoms with E-state index < -0.39 is 6.10 Å². The number of nitrogens with one attached hydrogen (secondary N) is 2. The highest BCUT2D eigenvalue weighted by molar-refractivity contribution is 5.94. The van der Waals surface area contributed by atoms with Crippen LogP contribution in [0.4, 0.5) is 5.69 Å². The molecule has 5 nitrogen and oxygen atoms in total. The number of aromatic nitrogens is 1. The number of anilines is 1. The maximum atomic E-state index is 12.1. The van der Waals surface area contributed by atoms with E-state index in [1.165, 1.54) is 25.6 Å². The van der Waals surface area contributed by atoms with Gasteiger partial charge in [0.25, 0.3) is 5.91 Å². The predicted molar refractivity (Wildman–Crippen MR) is 71.9 cm³/mol. The fourth-order valence-electron chi connectivity index (χ4n) is 1.73. The first-order valence-electron chi connectivity index (χ1n) is 5.78. The molecule has 0 spiro atoms. The van der Waals surface area contributed by atoms with Gasteiger partial charge in [0, 0.05) is 25.6 Å². The molecule has 0 bridgehead atoms. The maximum Gasteiger partial charge on any atom is 0.258 e. The topological polar surface area (TPSA) is 71.2 Å². The largest absolute Gasteiger partial charge is 0.367 e. The lowest BCUT2D eigenvalue weighted by Gasteiger charge is -2.15. The smallest absolute Gasteiger partial charge is 0.258 e. The Bertz CT molecular complexity index is 607. The molecule has 1 aromatic heterocycles. The summed E-state index contributed by atoms with van der Waals surface area (Å²) in [6.07, 6.45) is 2.20. The number of ether oxygens (including phenoxy) is 1. The van der Waals surface area contributed by atoms with Crippen LogP contribution in [-0.4, -0.2) is 18.0 Å². The number of H-pyrrole nitrogens is 1. The molecule has 1 heterocycles. The molecule has 98 valence electrons. The van der Waals surface area contributed by atoms with E-state index in [1.807, 2.05) is 18.2 Å². The van der Waals surface area contributed by atoms with Crippen molar-refractivity contribution in [2.24, 2.45) is 0 Å². The van der Waals surface area contributed by atoms with Crippen LogP contribution in [0.5, 0.6) is 0 Å². The molecular weight excluding hydrogens is 244 g/mol. The molecule has 0 saturated heterocycles. The van der Waals surface area contributed by atoms with Gasteiger partial charge in [0.15, 0.2) is 6.10 Å². The fraction of sp³-hybridized carbons (Fsp3) is 0.143. The highest BCUT2D eigenvalue weighted by atomic mass is 16.5. The van der Waals surface area contributed by atoms with Crippen molar-refractivity contribution in [1.82, 2.24) is 4.98 Å². The number of hydrogen-bond acceptors (Lipinski definition) is 3. The minimum Gasteiger partial charge on any atom is -0.367 e. The summed E-state index contributed by atoms with van der Waals surface area (Å²) in [7, 11) is 1.45. The molecule has 0 saturated carbocycles. The third kappa shape index (κ3) is 3.08. The van der Waals surface area contributed by atoms with E-state index >= 15 is 0 Å². The number of amides is 1. The van der Waals surface area contributed by atoms with Crippen LogP contribution in [0.3, 0.4) is 0 Å². The normalized spacial score (nSPS) is 11.8. The van der Waals surface area contributed by atoms with E-state index in [0.717, 1.165) is 5.56 Å². The molecule has 0 fully saturated rings. The third-order valence-corrected chi connectivity index (χ3v) is 2.66. The second kappa shape index (κ2) is 5.97. The van der Waals surface area contributed by atoms with Gasteiger partial charge < -0.3 is 15.0 Å². The Kier molecular flexibility index (Phi) is 4.10. The zero-order valence-corrected chi connectivity index (χ0v) is 10.4. The fourth-order valence-corrected chi connectivity index (χ4v) is 1.73. The quantitative estimate of drug-likeness (QED) is 0.876. The zero-order valence-electron chi connectivity index (χ0n) is 10.4. The molecule has 0 unspecified atom stereocenters. The van der Waals surface area contributed by atoms with Gasteiger partial charge in [-0.15, -0.1) is 0 Å². The monoisotopic (exact) mass is 258 g/mol. The van der Waals surface area contributed by atoms with Gasteiger partial charge in [-0.2, -0.15) is 0 Å². The number of carbonyl (C=O) groups is 1. The standard InChI is InChI=1S/C14H14N2O3/c1-19-13(10-5-3-2-4-6-10)14(18)16-11-9-15-8-7-12(11)17/h2-9,13H,1H3,(H,15,17)(H,16,18)/t13-/m0/s1. The number of rotatable bonds is 4. The summed E-state index contributed by atoms with van der Waals surface area (Å²) in [5.74, 6) is -0.384. The Morgan fingerprint density at radius 1 is 1.26 bits per heavy atom. The van der Waals surface area contributed by atoms with Crippen molar-refractivity contribution < 1.29 is 9.53 Å².